The molecule has 1 aromatic heterocycles. The highest BCUT2D eigenvalue weighted by Gasteiger charge is 2.35. The number of aromatic nitrogens is 2. The number of hydrogen-bond acceptors (Lipinski definition) is 3. The first-order valence-corrected chi connectivity index (χ1v) is 10.9. The fourth-order valence-electron chi connectivity index (χ4n) is 3.21. The van der Waals surface area contributed by atoms with Gasteiger partial charge in [-0.3, -0.25) is 0 Å². The summed E-state index contributed by atoms with van der Waals surface area (Å²) in [7, 11) is -2.73. The van der Waals surface area contributed by atoms with Gasteiger partial charge in [0.25, 0.3) is 0 Å². The van der Waals surface area contributed by atoms with Crippen LogP contribution in [-0.2, 0) is 4.57 Å². The van der Waals surface area contributed by atoms with E-state index in [1.54, 1.807) is 19.7 Å². The molecule has 1 fully saturated rings. The molecule has 0 radical (unpaired) electrons. The average molecular weight is 386 g/mol. The minimum absolute atomic E-state index is 0.203. The monoisotopic (exact) mass is 386 g/mol. The van der Waals surface area contributed by atoms with Gasteiger partial charge in [0, 0.05) is 17.2 Å². The van der Waals surface area contributed by atoms with Gasteiger partial charge in [-0.05, 0) is 63.0 Å². The Hall–Kier alpha value is -1.75. The Bertz CT molecular complexity index is 885. The fourth-order valence-corrected chi connectivity index (χ4v) is 4.36. The lowest BCUT2D eigenvalue weighted by molar-refractivity contribution is -0.274. The number of nitrogens with zero attached hydrogens (tertiary/aromatic N) is 2. The number of benzene rings is 1. The number of rotatable bonds is 5. The summed E-state index contributed by atoms with van der Waals surface area (Å²) in [5.74, 6) is 0.0597. The van der Waals surface area contributed by atoms with Crippen LogP contribution in [-0.4, -0.2) is 29.0 Å². The van der Waals surface area contributed by atoms with E-state index in [-0.39, 0.29) is 11.4 Å². The molecule has 1 atom stereocenters. The zero-order valence-electron chi connectivity index (χ0n) is 15.2. The molecule has 26 heavy (non-hydrogen) atoms. The van der Waals surface area contributed by atoms with Crippen LogP contribution in [0.1, 0.15) is 42.6 Å². The summed E-state index contributed by atoms with van der Waals surface area (Å²) >= 11 is 0. The van der Waals surface area contributed by atoms with Crippen LogP contribution in [0.15, 0.2) is 18.2 Å². The van der Waals surface area contributed by atoms with E-state index in [1.807, 2.05) is 13.8 Å². The van der Waals surface area contributed by atoms with E-state index in [2.05, 4.69) is 9.84 Å². The Morgan fingerprint density at radius 2 is 1.96 bits per heavy atom. The van der Waals surface area contributed by atoms with Crippen LogP contribution in [0.5, 0.6) is 5.75 Å². The largest absolute Gasteiger partial charge is 0.573 e. The van der Waals surface area contributed by atoms with Gasteiger partial charge in [0.05, 0.1) is 5.69 Å². The molecule has 1 heterocycles. The lowest BCUT2D eigenvalue weighted by Gasteiger charge is -2.18. The highest BCUT2D eigenvalue weighted by atomic mass is 31.2. The summed E-state index contributed by atoms with van der Waals surface area (Å²) in [6.45, 7) is 7.04. The molecule has 0 saturated heterocycles. The van der Waals surface area contributed by atoms with Crippen molar-refractivity contribution in [3.05, 3.63) is 35.2 Å². The Balaban J connectivity index is 2.15. The Morgan fingerprint density at radius 3 is 2.50 bits per heavy atom. The second-order valence-electron chi connectivity index (χ2n) is 6.89. The number of halogens is 3. The molecule has 1 aromatic carbocycles. The van der Waals surface area contributed by atoms with Crippen LogP contribution in [0.2, 0.25) is 0 Å². The van der Waals surface area contributed by atoms with Gasteiger partial charge in [-0.15, -0.1) is 13.2 Å². The van der Waals surface area contributed by atoms with Gasteiger partial charge in [0.1, 0.15) is 12.8 Å². The van der Waals surface area contributed by atoms with Crippen molar-refractivity contribution in [2.24, 2.45) is 0 Å². The van der Waals surface area contributed by atoms with Crippen LogP contribution in [0.4, 0.5) is 13.2 Å². The van der Waals surface area contributed by atoms with Crippen molar-refractivity contribution in [3.8, 4) is 11.4 Å². The van der Waals surface area contributed by atoms with Gasteiger partial charge >= 0.3 is 6.36 Å². The van der Waals surface area contributed by atoms with Crippen molar-refractivity contribution in [2.45, 2.75) is 45.9 Å². The summed E-state index contributed by atoms with van der Waals surface area (Å²) in [6.07, 6.45) is -2.32. The van der Waals surface area contributed by atoms with Crippen molar-refractivity contribution in [3.63, 3.8) is 0 Å². The molecular weight excluding hydrogens is 364 g/mol. The van der Waals surface area contributed by atoms with E-state index in [0.29, 0.717) is 17.4 Å². The SMILES string of the molecule is CCP(C)(=O)c1ccc(-n2nc(C)c(C3CC3)c2C)c(OC(F)(F)F)c1. The number of hydrogen-bond donors (Lipinski definition) is 0. The van der Waals surface area contributed by atoms with Crippen LogP contribution in [0.3, 0.4) is 0 Å². The summed E-state index contributed by atoms with van der Waals surface area (Å²) in [6, 6.07) is 4.36. The molecule has 8 heteroatoms. The molecule has 1 aliphatic carbocycles. The molecule has 1 saturated carbocycles. The molecule has 0 spiro atoms. The number of alkyl halides is 3. The zero-order valence-corrected chi connectivity index (χ0v) is 16.1. The summed E-state index contributed by atoms with van der Waals surface area (Å²) in [5, 5.41) is 4.81. The van der Waals surface area contributed by atoms with Crippen molar-refractivity contribution in [1.29, 1.82) is 0 Å². The van der Waals surface area contributed by atoms with E-state index in [9.17, 15) is 17.7 Å². The lowest BCUT2D eigenvalue weighted by atomic mass is 10.1. The van der Waals surface area contributed by atoms with E-state index in [0.717, 1.165) is 29.8 Å². The average Bonchev–Trinajstić information content (AvgIpc) is 3.31. The summed E-state index contributed by atoms with van der Waals surface area (Å²) in [5.41, 5.74) is 2.94. The zero-order chi connectivity index (χ0) is 19.3. The van der Waals surface area contributed by atoms with Crippen molar-refractivity contribution < 1.29 is 22.5 Å². The van der Waals surface area contributed by atoms with E-state index in [1.165, 1.54) is 16.8 Å². The molecule has 1 unspecified atom stereocenters. The molecule has 0 amide bonds. The lowest BCUT2D eigenvalue weighted by Crippen LogP contribution is -2.20. The topological polar surface area (TPSA) is 44.1 Å². The van der Waals surface area contributed by atoms with Crippen molar-refractivity contribution in [1.82, 2.24) is 9.78 Å². The van der Waals surface area contributed by atoms with E-state index >= 15 is 0 Å². The summed E-state index contributed by atoms with van der Waals surface area (Å²) in [4.78, 5) is 0. The molecule has 3 rings (SSSR count). The first-order chi connectivity index (χ1) is 12.0. The quantitative estimate of drug-likeness (QED) is 0.687. The maximum atomic E-state index is 12.9. The van der Waals surface area contributed by atoms with Crippen molar-refractivity contribution in [2.75, 3.05) is 12.8 Å². The van der Waals surface area contributed by atoms with Crippen LogP contribution >= 0.6 is 7.14 Å². The minimum Gasteiger partial charge on any atom is -0.403 e. The number of aryl methyl sites for hydroxylation is 1. The molecule has 0 bridgehead atoms. The number of ether oxygens (including phenoxy) is 1. The Kier molecular flexibility index (Phi) is 4.72. The van der Waals surface area contributed by atoms with Crippen LogP contribution in [0.25, 0.3) is 5.69 Å². The third-order valence-electron chi connectivity index (χ3n) is 4.88. The predicted octanol–water partition coefficient (Wildman–Crippen LogP) is 4.90. The molecule has 142 valence electrons. The summed E-state index contributed by atoms with van der Waals surface area (Å²) < 4.78 is 57.2. The molecule has 2 aromatic rings. The molecule has 0 aliphatic heterocycles. The first-order valence-electron chi connectivity index (χ1n) is 8.57. The maximum Gasteiger partial charge on any atom is 0.573 e. The van der Waals surface area contributed by atoms with E-state index in [4.69, 9.17) is 0 Å². The highest BCUT2D eigenvalue weighted by molar-refractivity contribution is 7.70. The fraction of sp³-hybridized carbons (Fsp3) is 0.500. The first kappa shape index (κ1) is 19.0. The predicted molar refractivity (Wildman–Crippen MR) is 95.4 cm³/mol. The van der Waals surface area contributed by atoms with Gasteiger partial charge in [-0.25, -0.2) is 4.68 Å². The van der Waals surface area contributed by atoms with Crippen LogP contribution < -0.4 is 10.0 Å². The Morgan fingerprint density at radius 1 is 1.31 bits per heavy atom. The minimum atomic E-state index is -4.84. The van der Waals surface area contributed by atoms with Gasteiger partial charge < -0.3 is 9.30 Å². The van der Waals surface area contributed by atoms with Gasteiger partial charge in [0.2, 0.25) is 0 Å². The Labute approximate surface area is 150 Å². The highest BCUT2D eigenvalue weighted by Crippen LogP contribution is 2.45. The van der Waals surface area contributed by atoms with Gasteiger partial charge in [-0.2, -0.15) is 5.10 Å². The smallest absolute Gasteiger partial charge is 0.403 e. The van der Waals surface area contributed by atoms with Crippen molar-refractivity contribution >= 4 is 12.4 Å². The van der Waals surface area contributed by atoms with Gasteiger partial charge in [-0.1, -0.05) is 6.92 Å². The molecule has 0 N–H and O–H groups in total. The van der Waals surface area contributed by atoms with E-state index < -0.39 is 13.5 Å². The van der Waals surface area contributed by atoms with Gasteiger partial charge in [0.15, 0.2) is 5.75 Å². The van der Waals surface area contributed by atoms with Crippen LogP contribution in [0, 0.1) is 13.8 Å². The third kappa shape index (κ3) is 3.68. The standard InChI is InChI=1S/C18H22F3N2O2P/c1-5-26(4,24)14-8-9-15(16(10-14)25-18(19,20)21)23-12(3)17(11(2)22-23)13-6-7-13/h8-10,13H,5-7H2,1-4H3. The molecule has 4 nitrogen and oxygen atoms in total. The normalized spacial score (nSPS) is 17.2. The third-order valence-corrected chi connectivity index (χ3v) is 7.46. The second-order valence-corrected chi connectivity index (χ2v) is 10.2. The second kappa shape index (κ2) is 6.45. The maximum absolute atomic E-state index is 12.9. The molecular formula is C18H22F3N2O2P. The molecule has 1 aliphatic rings.